The van der Waals surface area contributed by atoms with Gasteiger partial charge in [0.1, 0.15) is 23.3 Å². The van der Waals surface area contributed by atoms with Crippen LogP contribution in [0.25, 0.3) is 5.69 Å². The Hall–Kier alpha value is -3.66. The molecule has 0 radical (unpaired) electrons. The van der Waals surface area contributed by atoms with Crippen molar-refractivity contribution in [3.63, 3.8) is 0 Å². The van der Waals surface area contributed by atoms with E-state index in [0.29, 0.717) is 49.2 Å². The van der Waals surface area contributed by atoms with Gasteiger partial charge in [-0.3, -0.25) is 4.79 Å². The molecule has 0 bridgehead atoms. The first-order valence-corrected chi connectivity index (χ1v) is 9.83. The highest BCUT2D eigenvalue weighted by atomic mass is 19.1. The number of hydrogen-bond donors (Lipinski definition) is 2. The number of halogens is 1. The molecule has 7 heteroatoms. The Morgan fingerprint density at radius 1 is 1.23 bits per heavy atom. The second-order valence-corrected chi connectivity index (χ2v) is 7.15. The minimum Gasteiger partial charge on any atom is -0.382 e. The number of carbonyl (C=O) groups excluding carboxylic acids is 1. The Labute approximate surface area is 175 Å². The standard InChI is InChI=1S/C23H24FN5O/c1-16-4-2-5-17(14-16)7-12-22(30)27-13-3-6-21-20(15-25)23(26)29(28-21)19-10-8-18(24)9-11-19/h2,4-5,8-11,14H,3,6-7,12-13,26H2,1H3,(H,27,30). The zero-order valence-corrected chi connectivity index (χ0v) is 16.9. The van der Waals surface area contributed by atoms with Crippen LogP contribution in [0, 0.1) is 24.1 Å². The molecule has 1 amide bonds. The van der Waals surface area contributed by atoms with E-state index in [1.165, 1.54) is 22.4 Å². The third-order valence-corrected chi connectivity index (χ3v) is 4.81. The SMILES string of the molecule is Cc1cccc(CCC(=O)NCCCc2nn(-c3ccc(F)cc3)c(N)c2C#N)c1. The van der Waals surface area contributed by atoms with Crippen LogP contribution >= 0.6 is 0 Å². The van der Waals surface area contributed by atoms with Crippen molar-refractivity contribution in [2.24, 2.45) is 0 Å². The van der Waals surface area contributed by atoms with Crippen molar-refractivity contribution in [2.45, 2.75) is 32.6 Å². The number of anilines is 1. The molecule has 0 spiro atoms. The van der Waals surface area contributed by atoms with Crippen LogP contribution < -0.4 is 11.1 Å². The first-order chi connectivity index (χ1) is 14.5. The normalized spacial score (nSPS) is 10.6. The van der Waals surface area contributed by atoms with E-state index in [4.69, 9.17) is 5.73 Å². The average Bonchev–Trinajstić information content (AvgIpc) is 3.05. The lowest BCUT2D eigenvalue weighted by Gasteiger charge is -2.05. The quantitative estimate of drug-likeness (QED) is 0.561. The number of hydrogen-bond acceptors (Lipinski definition) is 4. The van der Waals surface area contributed by atoms with Crippen LogP contribution in [0.15, 0.2) is 48.5 Å². The fourth-order valence-electron chi connectivity index (χ4n) is 3.25. The molecule has 3 aromatic rings. The maximum absolute atomic E-state index is 13.1. The van der Waals surface area contributed by atoms with Crippen molar-refractivity contribution in [1.29, 1.82) is 5.26 Å². The number of aromatic nitrogens is 2. The van der Waals surface area contributed by atoms with Gasteiger partial charge in [-0.1, -0.05) is 29.8 Å². The lowest BCUT2D eigenvalue weighted by molar-refractivity contribution is -0.121. The van der Waals surface area contributed by atoms with Crippen molar-refractivity contribution >= 4 is 11.7 Å². The van der Waals surface area contributed by atoms with E-state index in [-0.39, 0.29) is 17.5 Å². The highest BCUT2D eigenvalue weighted by Gasteiger charge is 2.16. The molecule has 3 N–H and O–H groups in total. The summed E-state index contributed by atoms with van der Waals surface area (Å²) >= 11 is 0. The van der Waals surface area contributed by atoms with Gasteiger partial charge in [0.05, 0.1) is 11.4 Å². The van der Waals surface area contributed by atoms with Crippen LogP contribution in [0.3, 0.4) is 0 Å². The number of rotatable bonds is 8. The lowest BCUT2D eigenvalue weighted by Crippen LogP contribution is -2.25. The van der Waals surface area contributed by atoms with Crippen LogP contribution in [0.1, 0.15) is 35.2 Å². The van der Waals surface area contributed by atoms with E-state index in [1.807, 2.05) is 25.1 Å². The van der Waals surface area contributed by atoms with Gasteiger partial charge in [-0.05, 0) is 56.0 Å². The molecule has 0 aliphatic heterocycles. The van der Waals surface area contributed by atoms with Crippen molar-refractivity contribution in [2.75, 3.05) is 12.3 Å². The Balaban J connectivity index is 1.52. The molecule has 0 aliphatic carbocycles. The molecular weight excluding hydrogens is 381 g/mol. The molecule has 0 fully saturated rings. The molecule has 1 aromatic heterocycles. The second kappa shape index (κ2) is 9.70. The van der Waals surface area contributed by atoms with Crippen molar-refractivity contribution < 1.29 is 9.18 Å². The van der Waals surface area contributed by atoms with Crippen LogP contribution in [0.4, 0.5) is 10.2 Å². The molecule has 0 saturated carbocycles. The smallest absolute Gasteiger partial charge is 0.220 e. The first-order valence-electron chi connectivity index (χ1n) is 9.83. The lowest BCUT2D eigenvalue weighted by atomic mass is 10.1. The van der Waals surface area contributed by atoms with Gasteiger partial charge >= 0.3 is 0 Å². The summed E-state index contributed by atoms with van der Waals surface area (Å²) in [6, 6.07) is 15.9. The van der Waals surface area contributed by atoms with Gasteiger partial charge in [-0.15, -0.1) is 0 Å². The van der Waals surface area contributed by atoms with Gasteiger partial charge in [0, 0.05) is 13.0 Å². The Kier molecular flexibility index (Phi) is 6.81. The molecule has 0 saturated heterocycles. The maximum atomic E-state index is 13.1. The number of nitrogen functional groups attached to an aromatic ring is 1. The number of carbonyl (C=O) groups is 1. The Bertz CT molecular complexity index is 1070. The summed E-state index contributed by atoms with van der Waals surface area (Å²) < 4.78 is 14.6. The molecule has 6 nitrogen and oxygen atoms in total. The fraction of sp³-hybridized carbons (Fsp3) is 0.261. The van der Waals surface area contributed by atoms with Crippen LogP contribution in [0.5, 0.6) is 0 Å². The van der Waals surface area contributed by atoms with Gasteiger partial charge in [0.2, 0.25) is 5.91 Å². The number of nitrogens with zero attached hydrogens (tertiary/aromatic N) is 3. The largest absolute Gasteiger partial charge is 0.382 e. The van der Waals surface area contributed by atoms with E-state index in [0.717, 1.165) is 5.56 Å². The topological polar surface area (TPSA) is 96.7 Å². The minimum atomic E-state index is -0.358. The summed E-state index contributed by atoms with van der Waals surface area (Å²) in [4.78, 5) is 12.1. The molecule has 0 aliphatic rings. The van der Waals surface area contributed by atoms with Crippen LogP contribution in [0.2, 0.25) is 0 Å². The summed E-state index contributed by atoms with van der Waals surface area (Å²) in [5.41, 5.74) is 9.84. The fourth-order valence-corrected chi connectivity index (χ4v) is 3.25. The van der Waals surface area contributed by atoms with Gasteiger partial charge < -0.3 is 11.1 Å². The Morgan fingerprint density at radius 3 is 2.70 bits per heavy atom. The monoisotopic (exact) mass is 405 g/mol. The van der Waals surface area contributed by atoms with Crippen molar-refractivity contribution in [3.05, 3.63) is 76.7 Å². The Morgan fingerprint density at radius 2 is 2.00 bits per heavy atom. The van der Waals surface area contributed by atoms with E-state index in [9.17, 15) is 14.4 Å². The molecule has 0 atom stereocenters. The van der Waals surface area contributed by atoms with E-state index in [2.05, 4.69) is 22.6 Å². The van der Waals surface area contributed by atoms with Gasteiger partial charge in [-0.2, -0.15) is 10.4 Å². The van der Waals surface area contributed by atoms with Crippen LogP contribution in [-0.2, 0) is 17.6 Å². The summed E-state index contributed by atoms with van der Waals surface area (Å²) in [6.07, 6.45) is 2.26. The highest BCUT2D eigenvalue weighted by molar-refractivity contribution is 5.76. The van der Waals surface area contributed by atoms with Gasteiger partial charge in [-0.25, -0.2) is 9.07 Å². The molecular formula is C23H24FN5O. The zero-order valence-electron chi connectivity index (χ0n) is 16.9. The zero-order chi connectivity index (χ0) is 21.5. The number of nitrogens with one attached hydrogen (secondary N) is 1. The van der Waals surface area contributed by atoms with Crippen molar-refractivity contribution in [1.82, 2.24) is 15.1 Å². The number of nitrogens with two attached hydrogens (primary N) is 1. The highest BCUT2D eigenvalue weighted by Crippen LogP contribution is 2.21. The van der Waals surface area contributed by atoms with Gasteiger partial charge in [0.15, 0.2) is 0 Å². The molecule has 154 valence electrons. The minimum absolute atomic E-state index is 0.00614. The number of amides is 1. The predicted octanol–water partition coefficient (Wildman–Crippen LogP) is 3.46. The summed E-state index contributed by atoms with van der Waals surface area (Å²) in [5, 5.41) is 16.8. The maximum Gasteiger partial charge on any atom is 0.220 e. The van der Waals surface area contributed by atoms with E-state index >= 15 is 0 Å². The van der Waals surface area contributed by atoms with E-state index in [1.54, 1.807) is 12.1 Å². The number of nitriles is 1. The molecule has 0 unspecified atom stereocenters. The second-order valence-electron chi connectivity index (χ2n) is 7.15. The predicted molar refractivity (Wildman–Crippen MR) is 113 cm³/mol. The molecule has 2 aromatic carbocycles. The number of aryl methyl sites for hydroxylation is 3. The van der Waals surface area contributed by atoms with E-state index < -0.39 is 0 Å². The molecule has 3 rings (SSSR count). The average molecular weight is 405 g/mol. The van der Waals surface area contributed by atoms with Crippen molar-refractivity contribution in [3.8, 4) is 11.8 Å². The molecule has 1 heterocycles. The van der Waals surface area contributed by atoms with Crippen LogP contribution in [-0.4, -0.2) is 22.2 Å². The number of benzene rings is 2. The third-order valence-electron chi connectivity index (χ3n) is 4.81. The summed E-state index contributed by atoms with van der Waals surface area (Å²) in [6.45, 7) is 2.52. The molecule has 30 heavy (non-hydrogen) atoms. The van der Waals surface area contributed by atoms with Gasteiger partial charge in [0.25, 0.3) is 0 Å². The third kappa shape index (κ3) is 5.23. The summed E-state index contributed by atoms with van der Waals surface area (Å²) in [5.74, 6) is -0.141. The first kappa shape index (κ1) is 21.1. The summed E-state index contributed by atoms with van der Waals surface area (Å²) in [7, 11) is 0.